The van der Waals surface area contributed by atoms with Crippen LogP contribution in [-0.4, -0.2) is 30.3 Å². The summed E-state index contributed by atoms with van der Waals surface area (Å²) in [5, 5.41) is 12.1. The van der Waals surface area contributed by atoms with Crippen molar-refractivity contribution < 1.29 is 19.1 Å². The lowest BCUT2D eigenvalue weighted by atomic mass is 10.1. The van der Waals surface area contributed by atoms with Crippen LogP contribution in [0.5, 0.6) is 0 Å². The van der Waals surface area contributed by atoms with Crippen molar-refractivity contribution in [1.29, 1.82) is 0 Å². The van der Waals surface area contributed by atoms with E-state index in [1.54, 1.807) is 13.2 Å². The number of ether oxygens (including phenoxy) is 1. The number of carbonyl (C=O) groups is 1. The Morgan fingerprint density at radius 3 is 2.71 bits per heavy atom. The molecule has 0 amide bonds. The molecule has 0 fully saturated rings. The zero-order chi connectivity index (χ0) is 13.1. The fraction of sp³-hybridized carbons (Fsp3) is 0.583. The maximum atomic E-state index is 10.7. The van der Waals surface area contributed by atoms with Crippen molar-refractivity contribution in [2.24, 2.45) is 0 Å². The smallest absolute Gasteiger partial charge is 0.371 e. The normalized spacial score (nSPS) is 13.6. The molecule has 5 heteroatoms. The molecule has 17 heavy (non-hydrogen) atoms. The molecule has 0 spiro atoms. The molecule has 5 nitrogen and oxygen atoms in total. The van der Waals surface area contributed by atoms with Gasteiger partial charge in [-0.05, 0) is 32.9 Å². The van der Waals surface area contributed by atoms with Gasteiger partial charge >= 0.3 is 5.97 Å². The number of carboxylic acids is 1. The maximum Gasteiger partial charge on any atom is 0.371 e. The number of furan rings is 1. The molecule has 1 unspecified atom stereocenters. The lowest BCUT2D eigenvalue weighted by Gasteiger charge is -2.28. The van der Waals surface area contributed by atoms with Crippen molar-refractivity contribution in [2.45, 2.75) is 32.4 Å². The second kappa shape index (κ2) is 5.33. The average molecular weight is 241 g/mol. The predicted molar refractivity (Wildman–Crippen MR) is 63.2 cm³/mol. The first-order valence-corrected chi connectivity index (χ1v) is 5.45. The predicted octanol–water partition coefficient (Wildman–Crippen LogP) is 2.05. The highest BCUT2D eigenvalue weighted by Crippen LogP contribution is 2.19. The van der Waals surface area contributed by atoms with Gasteiger partial charge in [0.2, 0.25) is 5.76 Å². The quantitative estimate of drug-likeness (QED) is 0.797. The average Bonchev–Trinajstić information content (AvgIpc) is 2.64. The second-order valence-corrected chi connectivity index (χ2v) is 4.69. The highest BCUT2D eigenvalue weighted by atomic mass is 16.5. The fourth-order valence-electron chi connectivity index (χ4n) is 1.76. The molecule has 1 heterocycles. The van der Waals surface area contributed by atoms with Crippen LogP contribution in [0.3, 0.4) is 0 Å². The summed E-state index contributed by atoms with van der Waals surface area (Å²) in [4.78, 5) is 10.7. The summed E-state index contributed by atoms with van der Waals surface area (Å²) in [6.45, 7) is 6.49. The molecular weight excluding hydrogens is 222 g/mol. The lowest BCUT2D eigenvalue weighted by Crippen LogP contribution is -2.44. The van der Waals surface area contributed by atoms with Gasteiger partial charge in [-0.3, -0.25) is 0 Å². The third-order valence-electron chi connectivity index (χ3n) is 2.38. The molecule has 0 radical (unpaired) electrons. The number of methoxy groups -OCH3 is 1. The van der Waals surface area contributed by atoms with E-state index in [1.165, 1.54) is 6.07 Å². The summed E-state index contributed by atoms with van der Waals surface area (Å²) < 4.78 is 10.3. The molecule has 0 saturated carbocycles. The Morgan fingerprint density at radius 1 is 1.59 bits per heavy atom. The number of hydrogen-bond donors (Lipinski definition) is 2. The van der Waals surface area contributed by atoms with Crippen molar-refractivity contribution in [1.82, 2.24) is 5.32 Å². The van der Waals surface area contributed by atoms with Gasteiger partial charge in [0.25, 0.3) is 0 Å². The molecule has 0 aliphatic heterocycles. The van der Waals surface area contributed by atoms with Crippen LogP contribution in [0, 0.1) is 0 Å². The van der Waals surface area contributed by atoms with Crippen LogP contribution < -0.4 is 5.32 Å². The van der Waals surface area contributed by atoms with Crippen LogP contribution >= 0.6 is 0 Å². The van der Waals surface area contributed by atoms with Crippen molar-refractivity contribution in [3.63, 3.8) is 0 Å². The first-order valence-electron chi connectivity index (χ1n) is 5.45. The Balaban J connectivity index is 2.69. The third kappa shape index (κ3) is 3.87. The minimum atomic E-state index is -1.06. The van der Waals surface area contributed by atoms with E-state index < -0.39 is 5.97 Å². The minimum Gasteiger partial charge on any atom is -0.475 e. The van der Waals surface area contributed by atoms with Crippen LogP contribution in [0.25, 0.3) is 0 Å². The molecule has 0 bridgehead atoms. The van der Waals surface area contributed by atoms with Gasteiger partial charge in [-0.15, -0.1) is 0 Å². The van der Waals surface area contributed by atoms with E-state index in [1.807, 2.05) is 20.8 Å². The summed E-state index contributed by atoms with van der Waals surface area (Å²) in [5.41, 5.74) is -0.204. The van der Waals surface area contributed by atoms with E-state index in [2.05, 4.69) is 5.32 Å². The second-order valence-electron chi connectivity index (χ2n) is 4.69. The Hall–Kier alpha value is -1.33. The minimum absolute atomic E-state index is 0.0433. The maximum absolute atomic E-state index is 10.7. The molecule has 0 aromatic carbocycles. The van der Waals surface area contributed by atoms with Gasteiger partial charge in [-0.1, -0.05) is 0 Å². The Kier molecular flexibility index (Phi) is 4.31. The van der Waals surface area contributed by atoms with Gasteiger partial charge in [0.05, 0.1) is 12.6 Å². The van der Waals surface area contributed by atoms with Gasteiger partial charge in [0.15, 0.2) is 0 Å². The van der Waals surface area contributed by atoms with Crippen LogP contribution in [0.4, 0.5) is 0 Å². The Morgan fingerprint density at radius 2 is 2.24 bits per heavy atom. The molecule has 0 aliphatic rings. The number of carboxylic acid groups (broad SMARTS) is 1. The highest BCUT2D eigenvalue weighted by Gasteiger charge is 2.22. The van der Waals surface area contributed by atoms with E-state index in [-0.39, 0.29) is 17.3 Å². The SMILES string of the molecule is COCC(C)(C)NC(C)c1ccc(C(=O)O)o1. The highest BCUT2D eigenvalue weighted by molar-refractivity contribution is 5.84. The molecule has 0 aliphatic carbocycles. The molecule has 96 valence electrons. The third-order valence-corrected chi connectivity index (χ3v) is 2.38. The largest absolute Gasteiger partial charge is 0.475 e. The van der Waals surface area contributed by atoms with Crippen LogP contribution in [0.1, 0.15) is 43.1 Å². The van der Waals surface area contributed by atoms with Gasteiger partial charge in [-0.2, -0.15) is 0 Å². The molecule has 1 aromatic rings. The molecule has 1 atom stereocenters. The Bertz CT molecular complexity index is 384. The summed E-state index contributed by atoms with van der Waals surface area (Å²) in [7, 11) is 1.64. The standard InChI is InChI=1S/C12H19NO4/c1-8(13-12(2,3)7-16-4)9-5-6-10(17-9)11(14)15/h5-6,8,13H,7H2,1-4H3,(H,14,15). The monoisotopic (exact) mass is 241 g/mol. The first kappa shape index (κ1) is 13.7. The van der Waals surface area contributed by atoms with E-state index in [4.69, 9.17) is 14.3 Å². The number of aromatic carboxylic acids is 1. The summed E-state index contributed by atoms with van der Waals surface area (Å²) in [5.74, 6) is -0.496. The van der Waals surface area contributed by atoms with E-state index >= 15 is 0 Å². The van der Waals surface area contributed by atoms with Crippen LogP contribution in [0.15, 0.2) is 16.5 Å². The lowest BCUT2D eigenvalue weighted by molar-refractivity contribution is 0.0658. The van der Waals surface area contributed by atoms with E-state index in [0.717, 1.165) is 0 Å². The molecule has 1 aromatic heterocycles. The Labute approximate surface area is 101 Å². The van der Waals surface area contributed by atoms with Crippen LogP contribution in [-0.2, 0) is 4.74 Å². The van der Waals surface area contributed by atoms with Crippen molar-refractivity contribution in [2.75, 3.05) is 13.7 Å². The van der Waals surface area contributed by atoms with Crippen molar-refractivity contribution >= 4 is 5.97 Å². The van der Waals surface area contributed by atoms with Gasteiger partial charge in [0, 0.05) is 12.6 Å². The summed E-state index contributed by atoms with van der Waals surface area (Å²) in [6, 6.07) is 3.05. The number of nitrogens with one attached hydrogen (secondary N) is 1. The van der Waals surface area contributed by atoms with E-state index in [9.17, 15) is 4.79 Å². The van der Waals surface area contributed by atoms with Gasteiger partial charge in [-0.25, -0.2) is 4.79 Å². The molecular formula is C12H19NO4. The molecule has 0 saturated heterocycles. The number of rotatable bonds is 6. The van der Waals surface area contributed by atoms with Crippen LogP contribution in [0.2, 0.25) is 0 Å². The van der Waals surface area contributed by atoms with Crippen molar-refractivity contribution in [3.8, 4) is 0 Å². The van der Waals surface area contributed by atoms with Gasteiger partial charge < -0.3 is 19.6 Å². The summed E-state index contributed by atoms with van der Waals surface area (Å²) in [6.07, 6.45) is 0. The van der Waals surface area contributed by atoms with Crippen molar-refractivity contribution in [3.05, 3.63) is 23.7 Å². The number of hydrogen-bond acceptors (Lipinski definition) is 4. The van der Waals surface area contributed by atoms with Gasteiger partial charge in [0.1, 0.15) is 5.76 Å². The fourth-order valence-corrected chi connectivity index (χ4v) is 1.76. The molecule has 2 N–H and O–H groups in total. The first-order chi connectivity index (χ1) is 7.85. The zero-order valence-corrected chi connectivity index (χ0v) is 10.6. The molecule has 1 rings (SSSR count). The topological polar surface area (TPSA) is 71.7 Å². The van der Waals surface area contributed by atoms with E-state index in [0.29, 0.717) is 12.4 Å². The zero-order valence-electron chi connectivity index (χ0n) is 10.6. The summed E-state index contributed by atoms with van der Waals surface area (Å²) >= 11 is 0.